The largest absolute Gasteiger partial charge is 0.294 e. The van der Waals surface area contributed by atoms with E-state index in [4.69, 9.17) is 0 Å². The second kappa shape index (κ2) is 6.15. The monoisotopic (exact) mass is 303 g/mol. The average molecular weight is 303 g/mol. The van der Waals surface area contributed by atoms with Crippen molar-refractivity contribution < 1.29 is 0 Å². The summed E-state index contributed by atoms with van der Waals surface area (Å²) in [6.45, 7) is 7.21. The van der Waals surface area contributed by atoms with E-state index < -0.39 is 0 Å². The minimum atomic E-state index is 0.416. The highest BCUT2D eigenvalue weighted by molar-refractivity contribution is 7.98. The molecule has 3 heterocycles. The molecule has 0 atom stereocenters. The summed E-state index contributed by atoms with van der Waals surface area (Å²) in [6.07, 6.45) is 9.13. The van der Waals surface area contributed by atoms with E-state index in [2.05, 4.69) is 40.0 Å². The number of aromatic nitrogens is 4. The van der Waals surface area contributed by atoms with E-state index in [1.54, 1.807) is 11.8 Å². The summed E-state index contributed by atoms with van der Waals surface area (Å²) in [6, 6.07) is 0.416. The first-order chi connectivity index (χ1) is 10.2. The lowest BCUT2D eigenvalue weighted by atomic mass is 10.1. The van der Waals surface area contributed by atoms with E-state index in [9.17, 15) is 0 Å². The van der Waals surface area contributed by atoms with E-state index in [1.165, 1.54) is 16.8 Å². The summed E-state index contributed by atoms with van der Waals surface area (Å²) in [7, 11) is 0. The maximum Gasteiger partial charge on any atom is 0.187 e. The highest BCUT2D eigenvalue weighted by atomic mass is 32.2. The number of fused-ring (bicyclic) bond motifs is 1. The third kappa shape index (κ3) is 3.27. The number of rotatable bonds is 4. The minimum Gasteiger partial charge on any atom is -0.294 e. The van der Waals surface area contributed by atoms with Crippen molar-refractivity contribution in [3.05, 3.63) is 35.4 Å². The predicted octanol–water partition coefficient (Wildman–Crippen LogP) is 2.53. The quantitative estimate of drug-likeness (QED) is 0.641. The summed E-state index contributed by atoms with van der Waals surface area (Å²) < 4.78 is 2.01. The summed E-state index contributed by atoms with van der Waals surface area (Å²) in [5, 5.41) is 5.29. The summed E-state index contributed by atoms with van der Waals surface area (Å²) in [5.74, 6) is 0. The van der Waals surface area contributed by atoms with Gasteiger partial charge in [-0.25, -0.2) is 9.97 Å². The van der Waals surface area contributed by atoms with Crippen LogP contribution in [0, 0.1) is 0 Å². The molecule has 0 saturated heterocycles. The van der Waals surface area contributed by atoms with Gasteiger partial charge in [0.25, 0.3) is 0 Å². The van der Waals surface area contributed by atoms with Crippen LogP contribution in [0.1, 0.15) is 36.7 Å². The molecule has 3 rings (SSSR count). The predicted molar refractivity (Wildman–Crippen MR) is 84.2 cm³/mol. The van der Waals surface area contributed by atoms with Crippen LogP contribution in [0.5, 0.6) is 0 Å². The fraction of sp³-hybridized carbons (Fsp3) is 0.533. The summed E-state index contributed by atoms with van der Waals surface area (Å²) in [5.41, 5.74) is 3.74. The molecule has 2 aromatic heterocycles. The zero-order valence-electron chi connectivity index (χ0n) is 12.8. The van der Waals surface area contributed by atoms with Crippen molar-refractivity contribution >= 4 is 11.8 Å². The number of nitrogens with zero attached hydrogens (tertiary/aromatic N) is 5. The second-order valence-corrected chi connectivity index (χ2v) is 6.49. The third-order valence-electron chi connectivity index (χ3n) is 3.76. The van der Waals surface area contributed by atoms with Gasteiger partial charge >= 0.3 is 0 Å². The second-order valence-electron chi connectivity index (χ2n) is 5.71. The number of thioether (sulfide) groups is 1. The first-order valence-corrected chi connectivity index (χ1v) is 8.52. The van der Waals surface area contributed by atoms with E-state index in [-0.39, 0.29) is 0 Å². The molecule has 5 nitrogen and oxygen atoms in total. The van der Waals surface area contributed by atoms with Crippen LogP contribution in [-0.2, 0) is 19.5 Å². The molecule has 0 aliphatic carbocycles. The average Bonchev–Trinajstić information content (AvgIpc) is 2.95. The molecule has 0 saturated carbocycles. The van der Waals surface area contributed by atoms with E-state index in [0.717, 1.165) is 31.2 Å². The molecule has 0 aromatic carbocycles. The smallest absolute Gasteiger partial charge is 0.187 e. The van der Waals surface area contributed by atoms with Crippen molar-refractivity contribution in [2.75, 3.05) is 12.8 Å². The lowest BCUT2D eigenvalue weighted by molar-refractivity contribution is 0.242. The Balaban J connectivity index is 1.68. The summed E-state index contributed by atoms with van der Waals surface area (Å²) in [4.78, 5) is 11.4. The van der Waals surface area contributed by atoms with Crippen LogP contribution in [0.4, 0.5) is 0 Å². The van der Waals surface area contributed by atoms with Gasteiger partial charge in [-0.1, -0.05) is 11.8 Å². The fourth-order valence-corrected chi connectivity index (χ4v) is 2.95. The molecule has 1 aliphatic rings. The molecule has 112 valence electrons. The Morgan fingerprint density at radius 2 is 2.19 bits per heavy atom. The lowest BCUT2D eigenvalue weighted by Gasteiger charge is -2.27. The maximum absolute atomic E-state index is 4.61. The zero-order valence-corrected chi connectivity index (χ0v) is 13.6. The molecule has 0 spiro atoms. The topological polar surface area (TPSA) is 46.8 Å². The van der Waals surface area contributed by atoms with Gasteiger partial charge < -0.3 is 0 Å². The van der Waals surface area contributed by atoms with Gasteiger partial charge in [0.15, 0.2) is 5.16 Å². The first-order valence-electron chi connectivity index (χ1n) is 7.30. The highest BCUT2D eigenvalue weighted by Gasteiger charge is 2.19. The van der Waals surface area contributed by atoms with E-state index >= 15 is 0 Å². The van der Waals surface area contributed by atoms with Crippen molar-refractivity contribution in [3.63, 3.8) is 0 Å². The maximum atomic E-state index is 4.61. The van der Waals surface area contributed by atoms with Gasteiger partial charge in [0.2, 0.25) is 0 Å². The van der Waals surface area contributed by atoms with Crippen LogP contribution in [0.3, 0.4) is 0 Å². The highest BCUT2D eigenvalue weighted by Crippen LogP contribution is 2.20. The van der Waals surface area contributed by atoms with Crippen molar-refractivity contribution in [1.82, 2.24) is 24.6 Å². The Kier molecular flexibility index (Phi) is 4.26. The Bertz CT molecular complexity index is 622. The van der Waals surface area contributed by atoms with Crippen LogP contribution >= 0.6 is 11.8 Å². The number of hydrogen-bond acceptors (Lipinski definition) is 5. The third-order valence-corrected chi connectivity index (χ3v) is 4.33. The molecule has 0 bridgehead atoms. The molecule has 0 radical (unpaired) electrons. The van der Waals surface area contributed by atoms with Crippen LogP contribution in [-0.4, -0.2) is 37.4 Å². The van der Waals surface area contributed by atoms with Gasteiger partial charge in [-0.3, -0.25) is 9.58 Å². The van der Waals surface area contributed by atoms with Gasteiger partial charge in [0.05, 0.1) is 11.9 Å². The molecular weight excluding hydrogens is 282 g/mol. The molecule has 6 heteroatoms. The standard InChI is InChI=1S/C15H21N5S/c1-11(2)20-9-12(6-17-20)8-19-5-4-14-13(10-19)7-16-15(18-14)21-3/h6-7,9,11H,4-5,8,10H2,1-3H3. The molecule has 21 heavy (non-hydrogen) atoms. The van der Waals surface area contributed by atoms with Crippen LogP contribution in [0.25, 0.3) is 0 Å². The molecule has 0 amide bonds. The van der Waals surface area contributed by atoms with Crippen LogP contribution < -0.4 is 0 Å². The molecule has 0 fully saturated rings. The van der Waals surface area contributed by atoms with E-state index in [0.29, 0.717) is 6.04 Å². The van der Waals surface area contributed by atoms with Crippen LogP contribution in [0.2, 0.25) is 0 Å². The van der Waals surface area contributed by atoms with Crippen molar-refractivity contribution in [2.24, 2.45) is 0 Å². The van der Waals surface area contributed by atoms with Crippen molar-refractivity contribution in [1.29, 1.82) is 0 Å². The zero-order chi connectivity index (χ0) is 14.8. The minimum absolute atomic E-state index is 0.416. The summed E-state index contributed by atoms with van der Waals surface area (Å²) >= 11 is 1.60. The van der Waals surface area contributed by atoms with Crippen molar-refractivity contribution in [3.8, 4) is 0 Å². The molecule has 0 N–H and O–H groups in total. The van der Waals surface area contributed by atoms with Gasteiger partial charge in [-0.2, -0.15) is 5.10 Å². The Hall–Kier alpha value is -1.40. The van der Waals surface area contributed by atoms with Gasteiger partial charge in [-0.05, 0) is 20.1 Å². The number of hydrogen-bond donors (Lipinski definition) is 0. The van der Waals surface area contributed by atoms with Gasteiger partial charge in [-0.15, -0.1) is 0 Å². The molecule has 0 unspecified atom stereocenters. The lowest BCUT2D eigenvalue weighted by Crippen LogP contribution is -2.30. The van der Waals surface area contributed by atoms with Crippen LogP contribution in [0.15, 0.2) is 23.7 Å². The Labute approximate surface area is 129 Å². The normalized spacial score (nSPS) is 15.4. The SMILES string of the molecule is CSc1ncc2c(n1)CCN(Cc1cnn(C(C)C)c1)C2. The first kappa shape index (κ1) is 14.5. The van der Waals surface area contributed by atoms with Gasteiger partial charge in [0, 0.05) is 55.6 Å². The molecule has 2 aromatic rings. The molecular formula is C15H21N5S. The molecule has 1 aliphatic heterocycles. The van der Waals surface area contributed by atoms with Crippen molar-refractivity contribution in [2.45, 2.75) is 44.6 Å². The Morgan fingerprint density at radius 3 is 2.90 bits per heavy atom. The van der Waals surface area contributed by atoms with E-state index in [1.807, 2.05) is 23.3 Å². The Morgan fingerprint density at radius 1 is 1.33 bits per heavy atom. The van der Waals surface area contributed by atoms with Gasteiger partial charge in [0.1, 0.15) is 0 Å². The fourth-order valence-electron chi connectivity index (χ4n) is 2.59.